The van der Waals surface area contributed by atoms with Crippen molar-refractivity contribution in [3.8, 4) is 11.4 Å². The van der Waals surface area contributed by atoms with Crippen molar-refractivity contribution in [1.82, 2.24) is 25.1 Å². The molecular weight excluding hydrogens is 438 g/mol. The molecule has 5 rings (SSSR count). The standard InChI is InChI=1S/C27H23N7O/c1-4-17(14-28-3)9-25(35)24-11-18-5-6-19(12-23(18)32-24)27-29-13-16(2)26(33-27)31-21-7-8-22-20(10-21)15-30-34-22/h4-8,10-15,32H,1,3,9H2,2H3,(H,30,34)(H,29,31,33)/b17-14+. The van der Waals surface area contributed by atoms with Crippen molar-refractivity contribution in [3.63, 3.8) is 0 Å². The number of nitrogens with zero attached hydrogens (tertiary/aromatic N) is 4. The highest BCUT2D eigenvalue weighted by Crippen LogP contribution is 2.27. The summed E-state index contributed by atoms with van der Waals surface area (Å²) in [4.78, 5) is 28.9. The number of carbonyl (C=O) groups is 1. The van der Waals surface area contributed by atoms with Gasteiger partial charge in [-0.15, -0.1) is 0 Å². The van der Waals surface area contributed by atoms with Crippen molar-refractivity contribution < 1.29 is 4.79 Å². The van der Waals surface area contributed by atoms with Crippen molar-refractivity contribution in [2.45, 2.75) is 13.3 Å². The Kier molecular flexibility index (Phi) is 5.76. The van der Waals surface area contributed by atoms with Crippen LogP contribution in [0, 0.1) is 6.92 Å². The number of aliphatic imine (C=N–C) groups is 1. The van der Waals surface area contributed by atoms with Crippen LogP contribution in [0.25, 0.3) is 33.2 Å². The maximum absolute atomic E-state index is 12.7. The Bertz CT molecular complexity index is 1620. The maximum atomic E-state index is 12.7. The van der Waals surface area contributed by atoms with Gasteiger partial charge >= 0.3 is 0 Å². The minimum absolute atomic E-state index is 0.0507. The van der Waals surface area contributed by atoms with E-state index in [0.717, 1.165) is 44.4 Å². The molecule has 0 atom stereocenters. The molecule has 2 aromatic carbocycles. The molecule has 35 heavy (non-hydrogen) atoms. The molecule has 3 N–H and O–H groups in total. The molecule has 0 aliphatic heterocycles. The van der Waals surface area contributed by atoms with Gasteiger partial charge in [0.25, 0.3) is 0 Å². The van der Waals surface area contributed by atoms with Crippen LogP contribution in [0.3, 0.4) is 0 Å². The third-order valence-corrected chi connectivity index (χ3v) is 5.74. The number of hydrogen-bond acceptors (Lipinski definition) is 6. The number of aromatic amines is 2. The summed E-state index contributed by atoms with van der Waals surface area (Å²) in [5.41, 5.74) is 5.72. The number of fused-ring (bicyclic) bond motifs is 2. The lowest BCUT2D eigenvalue weighted by Gasteiger charge is -2.10. The van der Waals surface area contributed by atoms with Crippen LogP contribution >= 0.6 is 0 Å². The van der Waals surface area contributed by atoms with Gasteiger partial charge in [0.1, 0.15) is 5.82 Å². The maximum Gasteiger partial charge on any atom is 0.183 e. The average Bonchev–Trinajstić information content (AvgIpc) is 3.51. The van der Waals surface area contributed by atoms with E-state index in [1.807, 2.05) is 49.4 Å². The number of H-pyrrole nitrogens is 2. The summed E-state index contributed by atoms with van der Waals surface area (Å²) in [6.45, 7) is 9.12. The third kappa shape index (κ3) is 4.49. The lowest BCUT2D eigenvalue weighted by molar-refractivity contribution is 0.0990. The Morgan fingerprint density at radius 3 is 2.83 bits per heavy atom. The van der Waals surface area contributed by atoms with Gasteiger partial charge in [-0.05, 0) is 49.5 Å². The number of nitrogens with one attached hydrogen (secondary N) is 3. The highest BCUT2D eigenvalue weighted by Gasteiger charge is 2.13. The summed E-state index contributed by atoms with van der Waals surface area (Å²) in [5.74, 6) is 1.26. The topological polar surface area (TPSA) is 112 Å². The van der Waals surface area contributed by atoms with Crippen LogP contribution < -0.4 is 5.32 Å². The van der Waals surface area contributed by atoms with E-state index in [2.05, 4.69) is 43.8 Å². The molecule has 172 valence electrons. The van der Waals surface area contributed by atoms with Gasteiger partial charge < -0.3 is 10.3 Å². The second-order valence-electron chi connectivity index (χ2n) is 8.20. The van der Waals surface area contributed by atoms with Crippen molar-refractivity contribution in [2.75, 3.05) is 5.32 Å². The van der Waals surface area contributed by atoms with Gasteiger partial charge in [0.15, 0.2) is 11.6 Å². The van der Waals surface area contributed by atoms with Crippen molar-refractivity contribution >= 4 is 45.8 Å². The predicted octanol–water partition coefficient (Wildman–Crippen LogP) is 5.90. The fourth-order valence-corrected chi connectivity index (χ4v) is 3.85. The lowest BCUT2D eigenvalue weighted by atomic mass is 10.1. The van der Waals surface area contributed by atoms with E-state index < -0.39 is 0 Å². The SMILES string of the molecule is C=C/C(=C\N=C)CC(=O)c1cc2ccc(-c3ncc(C)c(Nc4ccc5[nH]ncc5c4)n3)cc2[nH]1. The van der Waals surface area contributed by atoms with E-state index >= 15 is 0 Å². The zero-order valence-corrected chi connectivity index (χ0v) is 19.2. The van der Waals surface area contributed by atoms with Gasteiger partial charge in [0, 0.05) is 51.9 Å². The van der Waals surface area contributed by atoms with E-state index in [1.165, 1.54) is 0 Å². The van der Waals surface area contributed by atoms with E-state index in [1.54, 1.807) is 24.7 Å². The molecule has 5 aromatic rings. The van der Waals surface area contributed by atoms with Crippen molar-refractivity contribution in [3.05, 3.63) is 90.5 Å². The molecule has 3 heterocycles. The summed E-state index contributed by atoms with van der Waals surface area (Å²) in [7, 11) is 0. The van der Waals surface area contributed by atoms with Crippen molar-refractivity contribution in [1.29, 1.82) is 0 Å². The van der Waals surface area contributed by atoms with Crippen LogP contribution in [0.15, 0.2) is 84.3 Å². The summed E-state index contributed by atoms with van der Waals surface area (Å²) >= 11 is 0. The molecule has 0 fully saturated rings. The fourth-order valence-electron chi connectivity index (χ4n) is 3.85. The summed E-state index contributed by atoms with van der Waals surface area (Å²) in [6.07, 6.45) is 6.93. The molecule has 0 unspecified atom stereocenters. The highest BCUT2D eigenvalue weighted by molar-refractivity contribution is 6.01. The molecule has 0 saturated carbocycles. The Labute approximate surface area is 201 Å². The molecule has 8 heteroatoms. The fraction of sp³-hybridized carbons (Fsp3) is 0.0741. The molecule has 0 bridgehead atoms. The van der Waals surface area contributed by atoms with Crippen LogP contribution in [0.4, 0.5) is 11.5 Å². The van der Waals surface area contributed by atoms with E-state index in [4.69, 9.17) is 4.98 Å². The Balaban J connectivity index is 1.42. The Morgan fingerprint density at radius 1 is 1.11 bits per heavy atom. The number of carbonyl (C=O) groups excluding carboxylic acids is 1. The number of benzene rings is 2. The molecule has 0 saturated heterocycles. The average molecular weight is 462 g/mol. The molecule has 0 amide bonds. The molecule has 0 aliphatic rings. The molecular formula is C27H23N7O. The summed E-state index contributed by atoms with van der Waals surface area (Å²) < 4.78 is 0. The number of rotatable bonds is 8. The van der Waals surface area contributed by atoms with Crippen LogP contribution in [-0.4, -0.2) is 37.7 Å². The van der Waals surface area contributed by atoms with Gasteiger partial charge in [-0.1, -0.05) is 24.8 Å². The molecule has 3 aromatic heterocycles. The first kappa shape index (κ1) is 22.0. The smallest absolute Gasteiger partial charge is 0.183 e. The number of ketones is 1. The van der Waals surface area contributed by atoms with Gasteiger partial charge in [0.05, 0.1) is 17.4 Å². The predicted molar refractivity (Wildman–Crippen MR) is 140 cm³/mol. The van der Waals surface area contributed by atoms with Gasteiger partial charge in [0.2, 0.25) is 0 Å². The zero-order chi connectivity index (χ0) is 24.4. The van der Waals surface area contributed by atoms with E-state index in [9.17, 15) is 4.79 Å². The minimum atomic E-state index is -0.0507. The van der Waals surface area contributed by atoms with Gasteiger partial charge in [-0.2, -0.15) is 5.10 Å². The number of Topliss-reactive ketones (excluding diaryl/α,β-unsaturated/α-hetero) is 1. The first-order chi connectivity index (χ1) is 17.0. The number of anilines is 2. The van der Waals surface area contributed by atoms with Gasteiger partial charge in [-0.25, -0.2) is 9.97 Å². The molecule has 0 aliphatic carbocycles. The number of hydrogen-bond donors (Lipinski definition) is 3. The first-order valence-corrected chi connectivity index (χ1v) is 11.0. The third-order valence-electron chi connectivity index (χ3n) is 5.74. The Morgan fingerprint density at radius 2 is 2.00 bits per heavy atom. The largest absolute Gasteiger partial charge is 0.352 e. The number of aryl methyl sites for hydroxylation is 1. The molecule has 0 spiro atoms. The van der Waals surface area contributed by atoms with Crippen LogP contribution in [0.2, 0.25) is 0 Å². The van der Waals surface area contributed by atoms with Gasteiger partial charge in [-0.3, -0.25) is 14.9 Å². The Hall–Kier alpha value is -4.85. The minimum Gasteiger partial charge on any atom is -0.352 e. The van der Waals surface area contributed by atoms with E-state index in [-0.39, 0.29) is 12.2 Å². The normalized spacial score (nSPS) is 11.6. The van der Waals surface area contributed by atoms with Crippen LogP contribution in [0.1, 0.15) is 22.5 Å². The number of aromatic nitrogens is 5. The summed E-state index contributed by atoms with van der Waals surface area (Å²) in [6, 6.07) is 13.7. The lowest BCUT2D eigenvalue weighted by Crippen LogP contribution is -2.00. The summed E-state index contributed by atoms with van der Waals surface area (Å²) in [5, 5.41) is 12.4. The molecule has 8 nitrogen and oxygen atoms in total. The highest BCUT2D eigenvalue weighted by atomic mass is 16.1. The monoisotopic (exact) mass is 461 g/mol. The molecule has 0 radical (unpaired) electrons. The van der Waals surface area contributed by atoms with E-state index in [0.29, 0.717) is 17.1 Å². The first-order valence-electron chi connectivity index (χ1n) is 11.0. The quantitative estimate of drug-likeness (QED) is 0.151. The van der Waals surface area contributed by atoms with Crippen molar-refractivity contribution in [2.24, 2.45) is 4.99 Å². The zero-order valence-electron chi connectivity index (χ0n) is 19.2. The van der Waals surface area contributed by atoms with Crippen LogP contribution in [-0.2, 0) is 0 Å². The number of allylic oxidation sites excluding steroid dienone is 2. The van der Waals surface area contributed by atoms with Crippen LogP contribution in [0.5, 0.6) is 0 Å². The second-order valence-corrected chi connectivity index (χ2v) is 8.20. The second kappa shape index (κ2) is 9.18.